The lowest BCUT2D eigenvalue weighted by molar-refractivity contribution is 0.0609. The quantitative estimate of drug-likeness (QED) is 0.545. The molecule has 0 aromatic heterocycles. The summed E-state index contributed by atoms with van der Waals surface area (Å²) in [7, 11) is -3.68. The normalized spacial score (nSPS) is 16.3. The van der Waals surface area contributed by atoms with Gasteiger partial charge in [-0.2, -0.15) is 0 Å². The second kappa shape index (κ2) is 9.35. The Hall–Kier alpha value is -1.89. The molecule has 1 aliphatic carbocycles. The SMILES string of the molecule is O=P(C#CC1(O)CCCCC1)(OCc1ccccc1)OCc1ccccc1. The molecule has 0 spiro atoms. The van der Waals surface area contributed by atoms with Crippen LogP contribution in [0, 0.1) is 11.6 Å². The van der Waals surface area contributed by atoms with Gasteiger partial charge in [0.2, 0.25) is 0 Å². The van der Waals surface area contributed by atoms with E-state index < -0.39 is 13.2 Å². The predicted octanol–water partition coefficient (Wildman–Crippen LogP) is 5.27. The molecule has 0 amide bonds. The third-order valence-corrected chi connectivity index (χ3v) is 5.92. The van der Waals surface area contributed by atoms with E-state index in [0.717, 1.165) is 30.4 Å². The number of aliphatic hydroxyl groups is 1. The van der Waals surface area contributed by atoms with Crippen molar-refractivity contribution in [2.24, 2.45) is 0 Å². The number of rotatable bonds is 6. The highest BCUT2D eigenvalue weighted by Crippen LogP contribution is 2.49. The first-order valence-electron chi connectivity index (χ1n) is 9.31. The van der Waals surface area contributed by atoms with Crippen LogP contribution < -0.4 is 0 Å². The Bertz CT molecular complexity index is 770. The van der Waals surface area contributed by atoms with Crippen LogP contribution in [0.1, 0.15) is 43.2 Å². The minimum absolute atomic E-state index is 0.139. The Morgan fingerprint density at radius 2 is 1.33 bits per heavy atom. The fourth-order valence-corrected chi connectivity index (χ4v) is 4.19. The summed E-state index contributed by atoms with van der Waals surface area (Å²) in [6.07, 6.45) is 4.13. The van der Waals surface area contributed by atoms with Crippen molar-refractivity contribution in [1.82, 2.24) is 0 Å². The number of benzene rings is 2. The molecule has 1 saturated carbocycles. The molecule has 0 radical (unpaired) electrons. The van der Waals surface area contributed by atoms with Crippen LogP contribution >= 0.6 is 7.60 Å². The van der Waals surface area contributed by atoms with Crippen LogP contribution in [0.4, 0.5) is 0 Å². The monoisotopic (exact) mass is 384 g/mol. The third kappa shape index (κ3) is 6.34. The Labute approximate surface area is 161 Å². The highest BCUT2D eigenvalue weighted by molar-refractivity contribution is 7.59. The van der Waals surface area contributed by atoms with Gasteiger partial charge in [0.1, 0.15) is 5.60 Å². The number of hydrogen-bond acceptors (Lipinski definition) is 4. The molecular weight excluding hydrogens is 359 g/mol. The molecular formula is C22H25O4P. The van der Waals surface area contributed by atoms with Gasteiger partial charge in [0.25, 0.3) is 0 Å². The zero-order chi connectivity index (χ0) is 19.0. The van der Waals surface area contributed by atoms with Crippen molar-refractivity contribution in [3.63, 3.8) is 0 Å². The zero-order valence-corrected chi connectivity index (χ0v) is 16.2. The van der Waals surface area contributed by atoms with Gasteiger partial charge in [-0.15, -0.1) is 0 Å². The van der Waals surface area contributed by atoms with Gasteiger partial charge in [-0.25, -0.2) is 4.57 Å². The lowest BCUT2D eigenvalue weighted by Crippen LogP contribution is -2.29. The second-order valence-corrected chi connectivity index (χ2v) is 8.58. The summed E-state index contributed by atoms with van der Waals surface area (Å²) in [5, 5.41) is 10.6. The van der Waals surface area contributed by atoms with Crippen molar-refractivity contribution >= 4 is 7.60 Å². The topological polar surface area (TPSA) is 55.8 Å². The molecule has 0 heterocycles. The first-order valence-corrected chi connectivity index (χ1v) is 10.9. The van der Waals surface area contributed by atoms with Crippen LogP contribution in [0.5, 0.6) is 0 Å². The molecule has 0 aliphatic heterocycles. The molecule has 27 heavy (non-hydrogen) atoms. The maximum absolute atomic E-state index is 13.2. The zero-order valence-electron chi connectivity index (χ0n) is 15.3. The van der Waals surface area contributed by atoms with Crippen molar-refractivity contribution in [2.45, 2.75) is 50.9 Å². The summed E-state index contributed by atoms with van der Waals surface area (Å²) in [5.41, 5.74) is 3.34. The van der Waals surface area contributed by atoms with E-state index in [9.17, 15) is 9.67 Å². The Kier molecular flexibility index (Phi) is 6.88. The second-order valence-electron chi connectivity index (χ2n) is 6.84. The van der Waals surface area contributed by atoms with Crippen LogP contribution in [-0.2, 0) is 26.8 Å². The van der Waals surface area contributed by atoms with E-state index in [1.165, 1.54) is 0 Å². The van der Waals surface area contributed by atoms with Crippen LogP contribution in [0.25, 0.3) is 0 Å². The molecule has 142 valence electrons. The van der Waals surface area contributed by atoms with Gasteiger partial charge in [-0.05, 0) is 36.8 Å². The smallest absolute Gasteiger partial charge is 0.378 e. The van der Waals surface area contributed by atoms with Crippen LogP contribution in [-0.4, -0.2) is 10.7 Å². The molecule has 1 N–H and O–H groups in total. The summed E-state index contributed by atoms with van der Waals surface area (Å²) in [6, 6.07) is 19.0. The highest BCUT2D eigenvalue weighted by Gasteiger charge is 2.29. The first kappa shape index (κ1) is 19.9. The maximum atomic E-state index is 13.2. The van der Waals surface area contributed by atoms with Crippen molar-refractivity contribution in [3.8, 4) is 11.6 Å². The van der Waals surface area contributed by atoms with Crippen molar-refractivity contribution in [2.75, 3.05) is 0 Å². The summed E-state index contributed by atoms with van der Waals surface area (Å²) in [6.45, 7) is 0.278. The minimum atomic E-state index is -3.68. The predicted molar refractivity (Wildman–Crippen MR) is 106 cm³/mol. The van der Waals surface area contributed by atoms with Gasteiger partial charge in [-0.3, -0.25) is 9.05 Å². The van der Waals surface area contributed by atoms with Gasteiger partial charge in [0.15, 0.2) is 0 Å². The molecule has 0 unspecified atom stereocenters. The molecule has 1 aliphatic rings. The molecule has 0 saturated heterocycles. The Morgan fingerprint density at radius 3 is 1.81 bits per heavy atom. The molecule has 2 aromatic carbocycles. The van der Waals surface area contributed by atoms with Crippen LogP contribution in [0.2, 0.25) is 0 Å². The fraction of sp³-hybridized carbons (Fsp3) is 0.364. The summed E-state index contributed by atoms with van der Waals surface area (Å²) >= 11 is 0. The summed E-state index contributed by atoms with van der Waals surface area (Å²) < 4.78 is 24.5. The molecule has 0 atom stereocenters. The van der Waals surface area contributed by atoms with E-state index in [2.05, 4.69) is 11.6 Å². The van der Waals surface area contributed by atoms with E-state index in [1.807, 2.05) is 60.7 Å². The van der Waals surface area contributed by atoms with E-state index in [0.29, 0.717) is 12.8 Å². The van der Waals surface area contributed by atoms with Gasteiger partial charge in [0.05, 0.1) is 13.2 Å². The van der Waals surface area contributed by atoms with E-state index in [-0.39, 0.29) is 13.2 Å². The lowest BCUT2D eigenvalue weighted by Gasteiger charge is -2.26. The van der Waals surface area contributed by atoms with Crippen molar-refractivity contribution in [1.29, 1.82) is 0 Å². The minimum Gasteiger partial charge on any atom is -0.378 e. The lowest BCUT2D eigenvalue weighted by atomic mass is 9.86. The molecule has 3 rings (SSSR count). The van der Waals surface area contributed by atoms with E-state index >= 15 is 0 Å². The summed E-state index contributed by atoms with van der Waals surface area (Å²) in [4.78, 5) is 0. The highest BCUT2D eigenvalue weighted by atomic mass is 31.2. The van der Waals surface area contributed by atoms with Crippen molar-refractivity contribution in [3.05, 3.63) is 71.8 Å². The fourth-order valence-electron chi connectivity index (χ4n) is 3.00. The average Bonchev–Trinajstić information content (AvgIpc) is 2.72. The summed E-state index contributed by atoms with van der Waals surface area (Å²) in [5.74, 6) is 2.80. The third-order valence-electron chi connectivity index (χ3n) is 4.59. The van der Waals surface area contributed by atoms with Crippen molar-refractivity contribution < 1.29 is 18.7 Å². The first-order chi connectivity index (χ1) is 13.1. The Balaban J connectivity index is 1.74. The largest absolute Gasteiger partial charge is 0.406 e. The average molecular weight is 384 g/mol. The molecule has 4 nitrogen and oxygen atoms in total. The Morgan fingerprint density at radius 1 is 0.852 bits per heavy atom. The van der Waals surface area contributed by atoms with Gasteiger partial charge in [-0.1, -0.05) is 73.0 Å². The molecule has 5 heteroatoms. The number of hydrogen-bond donors (Lipinski definition) is 1. The van der Waals surface area contributed by atoms with E-state index in [4.69, 9.17) is 9.05 Å². The molecule has 2 aromatic rings. The molecule has 0 bridgehead atoms. The van der Waals surface area contributed by atoms with Gasteiger partial charge in [0, 0.05) is 5.66 Å². The van der Waals surface area contributed by atoms with Gasteiger partial charge >= 0.3 is 7.60 Å². The van der Waals surface area contributed by atoms with Crippen LogP contribution in [0.15, 0.2) is 60.7 Å². The maximum Gasteiger partial charge on any atom is 0.406 e. The van der Waals surface area contributed by atoms with Gasteiger partial charge < -0.3 is 5.11 Å². The van der Waals surface area contributed by atoms with E-state index in [1.54, 1.807) is 0 Å². The molecule has 1 fully saturated rings. The standard InChI is InChI=1S/C22H25O4P/c23-22(14-8-3-9-15-22)16-17-27(24,25-18-20-10-4-1-5-11-20)26-19-21-12-6-2-7-13-21/h1-2,4-7,10-13,23H,3,8-9,14-15,18-19H2. The van der Waals surface area contributed by atoms with Crippen LogP contribution in [0.3, 0.4) is 0 Å².